The van der Waals surface area contributed by atoms with Gasteiger partial charge in [-0.25, -0.2) is 0 Å². The van der Waals surface area contributed by atoms with Gasteiger partial charge in [-0.2, -0.15) is 0 Å². The second kappa shape index (κ2) is 6.82. The molecule has 0 aliphatic rings. The van der Waals surface area contributed by atoms with Crippen LogP contribution < -0.4 is 10.6 Å². The van der Waals surface area contributed by atoms with Crippen LogP contribution in [0.15, 0.2) is 0 Å². The van der Waals surface area contributed by atoms with E-state index < -0.39 is 0 Å². The molecule has 0 rings (SSSR count). The summed E-state index contributed by atoms with van der Waals surface area (Å²) in [7, 11) is 0. The molecule has 0 aromatic rings. The molecule has 0 unspecified atom stereocenters. The Balaban J connectivity index is 3.36. The molecule has 1 amide bonds. The molecule has 0 aliphatic heterocycles. The summed E-state index contributed by atoms with van der Waals surface area (Å²) in [4.78, 5) is 11.2. The maximum absolute atomic E-state index is 11.2. The Hall–Kier alpha value is -0.570. The molecule has 0 saturated carbocycles. The summed E-state index contributed by atoms with van der Waals surface area (Å²) in [6.45, 7) is 10.7. The first-order valence-corrected chi connectivity index (χ1v) is 5.43. The van der Waals surface area contributed by atoms with Crippen molar-refractivity contribution in [3.8, 4) is 0 Å². The van der Waals surface area contributed by atoms with Crippen molar-refractivity contribution in [3.63, 3.8) is 0 Å². The highest BCUT2D eigenvalue weighted by molar-refractivity contribution is 5.77. The Morgan fingerprint density at radius 3 is 2.36 bits per heavy atom. The molecule has 0 spiro atoms. The molecule has 0 aromatic heterocycles. The van der Waals surface area contributed by atoms with E-state index in [9.17, 15) is 4.79 Å². The molecular formula is C11H24N2O. The minimum Gasteiger partial charge on any atom is -0.355 e. The summed E-state index contributed by atoms with van der Waals surface area (Å²) in [5.41, 5.74) is 0.296. The van der Waals surface area contributed by atoms with Crippen molar-refractivity contribution in [2.75, 3.05) is 19.6 Å². The Bertz CT molecular complexity index is 161. The van der Waals surface area contributed by atoms with Crippen molar-refractivity contribution >= 4 is 5.91 Å². The van der Waals surface area contributed by atoms with E-state index in [1.165, 1.54) is 0 Å². The second-order valence-electron chi connectivity index (χ2n) is 4.84. The topological polar surface area (TPSA) is 41.1 Å². The van der Waals surface area contributed by atoms with Crippen LogP contribution >= 0.6 is 0 Å². The van der Waals surface area contributed by atoms with Crippen LogP contribution in [0.5, 0.6) is 0 Å². The van der Waals surface area contributed by atoms with E-state index in [0.717, 1.165) is 25.9 Å². The first kappa shape index (κ1) is 13.4. The molecule has 14 heavy (non-hydrogen) atoms. The summed E-state index contributed by atoms with van der Waals surface area (Å²) >= 11 is 0. The molecule has 0 radical (unpaired) electrons. The lowest BCUT2D eigenvalue weighted by molar-refractivity contribution is -0.120. The lowest BCUT2D eigenvalue weighted by atomic mass is 9.92. The monoisotopic (exact) mass is 200 g/mol. The zero-order valence-corrected chi connectivity index (χ0v) is 9.94. The SMILES string of the molecule is CCCNCC(=O)NCCC(C)(C)C. The van der Waals surface area contributed by atoms with Gasteiger partial charge in [-0.1, -0.05) is 27.7 Å². The third-order valence-corrected chi connectivity index (χ3v) is 1.91. The van der Waals surface area contributed by atoms with Crippen molar-refractivity contribution in [2.45, 2.75) is 40.5 Å². The lowest BCUT2D eigenvalue weighted by Crippen LogP contribution is -2.35. The minimum absolute atomic E-state index is 0.0997. The molecule has 0 bridgehead atoms. The van der Waals surface area contributed by atoms with Crippen LogP contribution in [0.2, 0.25) is 0 Å². The molecule has 3 heteroatoms. The molecule has 0 fully saturated rings. The van der Waals surface area contributed by atoms with Gasteiger partial charge in [0, 0.05) is 6.54 Å². The summed E-state index contributed by atoms with van der Waals surface area (Å²) in [6, 6.07) is 0. The van der Waals surface area contributed by atoms with Crippen molar-refractivity contribution in [1.82, 2.24) is 10.6 Å². The van der Waals surface area contributed by atoms with Crippen molar-refractivity contribution in [2.24, 2.45) is 5.41 Å². The highest BCUT2D eigenvalue weighted by atomic mass is 16.1. The van der Waals surface area contributed by atoms with Crippen LogP contribution in [0.25, 0.3) is 0 Å². The highest BCUT2D eigenvalue weighted by Gasteiger charge is 2.09. The van der Waals surface area contributed by atoms with Gasteiger partial charge in [-0.05, 0) is 24.8 Å². The molecule has 0 heterocycles. The third kappa shape index (κ3) is 9.52. The van der Waals surface area contributed by atoms with Gasteiger partial charge < -0.3 is 10.6 Å². The number of nitrogens with one attached hydrogen (secondary N) is 2. The standard InChI is InChI=1S/C11H24N2O/c1-5-7-12-9-10(14)13-8-6-11(2,3)4/h12H,5-9H2,1-4H3,(H,13,14). The summed E-state index contributed by atoms with van der Waals surface area (Å²) < 4.78 is 0. The zero-order chi connectivity index (χ0) is 11.0. The zero-order valence-electron chi connectivity index (χ0n) is 9.94. The number of hydrogen-bond acceptors (Lipinski definition) is 2. The van der Waals surface area contributed by atoms with Crippen LogP contribution in [0.1, 0.15) is 40.5 Å². The number of carbonyl (C=O) groups is 1. The highest BCUT2D eigenvalue weighted by Crippen LogP contribution is 2.16. The second-order valence-corrected chi connectivity index (χ2v) is 4.84. The number of rotatable bonds is 6. The average Bonchev–Trinajstić information content (AvgIpc) is 2.02. The van der Waals surface area contributed by atoms with Crippen LogP contribution in [-0.4, -0.2) is 25.5 Å². The van der Waals surface area contributed by atoms with E-state index in [1.54, 1.807) is 0 Å². The fourth-order valence-corrected chi connectivity index (χ4v) is 1.02. The van der Waals surface area contributed by atoms with Crippen LogP contribution in [-0.2, 0) is 4.79 Å². The van der Waals surface area contributed by atoms with Gasteiger partial charge in [-0.3, -0.25) is 4.79 Å². The van der Waals surface area contributed by atoms with E-state index in [-0.39, 0.29) is 5.91 Å². The number of carbonyl (C=O) groups excluding carboxylic acids is 1. The number of hydrogen-bond donors (Lipinski definition) is 2. The lowest BCUT2D eigenvalue weighted by Gasteiger charge is -2.18. The summed E-state index contributed by atoms with van der Waals surface area (Å²) in [5, 5.41) is 5.97. The predicted octanol–water partition coefficient (Wildman–Crippen LogP) is 1.54. The van der Waals surface area contributed by atoms with Gasteiger partial charge in [-0.15, -0.1) is 0 Å². The molecule has 0 aromatic carbocycles. The molecular weight excluding hydrogens is 176 g/mol. The molecule has 0 saturated heterocycles. The largest absolute Gasteiger partial charge is 0.355 e. The maximum Gasteiger partial charge on any atom is 0.233 e. The van der Waals surface area contributed by atoms with Crippen molar-refractivity contribution < 1.29 is 4.79 Å². The van der Waals surface area contributed by atoms with Crippen LogP contribution in [0.4, 0.5) is 0 Å². The maximum atomic E-state index is 11.2. The van der Waals surface area contributed by atoms with Crippen LogP contribution in [0.3, 0.4) is 0 Å². The quantitative estimate of drug-likeness (QED) is 0.639. The molecule has 2 N–H and O–H groups in total. The smallest absolute Gasteiger partial charge is 0.233 e. The Kier molecular flexibility index (Phi) is 6.54. The predicted molar refractivity (Wildman–Crippen MR) is 60.2 cm³/mol. The normalized spacial score (nSPS) is 11.4. The van der Waals surface area contributed by atoms with E-state index in [4.69, 9.17) is 0 Å². The van der Waals surface area contributed by atoms with Crippen molar-refractivity contribution in [3.05, 3.63) is 0 Å². The van der Waals surface area contributed by atoms with E-state index in [1.807, 2.05) is 0 Å². The fraction of sp³-hybridized carbons (Fsp3) is 0.909. The number of amides is 1. The minimum atomic E-state index is 0.0997. The van der Waals surface area contributed by atoms with E-state index in [2.05, 4.69) is 38.3 Å². The van der Waals surface area contributed by atoms with Gasteiger partial charge >= 0.3 is 0 Å². The van der Waals surface area contributed by atoms with E-state index in [0.29, 0.717) is 12.0 Å². The Morgan fingerprint density at radius 1 is 1.21 bits per heavy atom. The Labute approximate surface area is 87.6 Å². The molecule has 3 nitrogen and oxygen atoms in total. The summed E-state index contributed by atoms with van der Waals surface area (Å²) in [6.07, 6.45) is 2.09. The molecule has 84 valence electrons. The first-order valence-electron chi connectivity index (χ1n) is 5.43. The van der Waals surface area contributed by atoms with Gasteiger partial charge in [0.1, 0.15) is 0 Å². The first-order chi connectivity index (χ1) is 6.45. The van der Waals surface area contributed by atoms with E-state index >= 15 is 0 Å². The third-order valence-electron chi connectivity index (χ3n) is 1.91. The molecule has 0 atom stereocenters. The van der Waals surface area contributed by atoms with Gasteiger partial charge in [0.05, 0.1) is 6.54 Å². The average molecular weight is 200 g/mol. The van der Waals surface area contributed by atoms with Crippen molar-refractivity contribution in [1.29, 1.82) is 0 Å². The summed E-state index contributed by atoms with van der Waals surface area (Å²) in [5.74, 6) is 0.0997. The fourth-order valence-electron chi connectivity index (χ4n) is 1.02. The van der Waals surface area contributed by atoms with Gasteiger partial charge in [0.15, 0.2) is 0 Å². The molecule has 0 aliphatic carbocycles. The van der Waals surface area contributed by atoms with Crippen LogP contribution in [0, 0.1) is 5.41 Å². The van der Waals surface area contributed by atoms with Gasteiger partial charge in [0.25, 0.3) is 0 Å². The van der Waals surface area contributed by atoms with Gasteiger partial charge in [0.2, 0.25) is 5.91 Å². The Morgan fingerprint density at radius 2 is 1.86 bits per heavy atom.